The van der Waals surface area contributed by atoms with Crippen LogP contribution in [0.5, 0.6) is 17.2 Å². The van der Waals surface area contributed by atoms with Gasteiger partial charge in [-0.1, -0.05) is 0 Å². The van der Waals surface area contributed by atoms with Crippen molar-refractivity contribution in [1.82, 2.24) is 9.88 Å². The van der Waals surface area contributed by atoms with Gasteiger partial charge < -0.3 is 24.1 Å². The van der Waals surface area contributed by atoms with E-state index in [4.69, 9.17) is 14.2 Å². The topological polar surface area (TPSA) is 63.8 Å². The minimum atomic E-state index is -4.95. The number of carbonyl (C=O) groups is 1. The fourth-order valence-corrected chi connectivity index (χ4v) is 4.64. The first-order valence-electron chi connectivity index (χ1n) is 11.1. The van der Waals surface area contributed by atoms with Crippen molar-refractivity contribution in [1.29, 1.82) is 0 Å². The summed E-state index contributed by atoms with van der Waals surface area (Å²) in [5.41, 5.74) is 3.37. The number of ether oxygens (including phenoxy) is 3. The predicted octanol–water partition coefficient (Wildman–Crippen LogP) is 5.20. The number of aromatic nitrogens is 1. The maximum Gasteiger partial charge on any atom is 0.471 e. The van der Waals surface area contributed by atoms with Gasteiger partial charge in [0.1, 0.15) is 5.75 Å². The molecule has 0 unspecified atom stereocenters. The normalized spacial score (nSPS) is 15.8. The summed E-state index contributed by atoms with van der Waals surface area (Å²) >= 11 is 0. The van der Waals surface area contributed by atoms with Gasteiger partial charge >= 0.3 is 12.1 Å². The second-order valence-electron chi connectivity index (χ2n) is 8.16. The molecule has 0 radical (unpaired) electrons. The summed E-state index contributed by atoms with van der Waals surface area (Å²) in [5.74, 6) is -0.151. The molecular weight excluding hydrogens is 449 g/mol. The van der Waals surface area contributed by atoms with E-state index in [1.807, 2.05) is 31.3 Å². The van der Waals surface area contributed by atoms with Gasteiger partial charge in [-0.15, -0.1) is 0 Å². The van der Waals surface area contributed by atoms with E-state index in [2.05, 4.69) is 4.98 Å². The number of hydrogen-bond donors (Lipinski definition) is 1. The highest BCUT2D eigenvalue weighted by atomic mass is 19.4. The molecule has 1 amide bonds. The van der Waals surface area contributed by atoms with Crippen LogP contribution in [0.3, 0.4) is 0 Å². The van der Waals surface area contributed by atoms with Gasteiger partial charge in [-0.2, -0.15) is 13.2 Å². The van der Waals surface area contributed by atoms with Crippen LogP contribution in [-0.4, -0.2) is 49.3 Å². The summed E-state index contributed by atoms with van der Waals surface area (Å²) in [6.07, 6.45) is -2.00. The molecule has 0 aliphatic carbocycles. The van der Waals surface area contributed by atoms with E-state index in [-0.39, 0.29) is 6.54 Å². The third-order valence-electron chi connectivity index (χ3n) is 6.25. The molecule has 1 aromatic heterocycles. The first-order chi connectivity index (χ1) is 16.3. The molecule has 2 heterocycles. The summed E-state index contributed by atoms with van der Waals surface area (Å²) in [7, 11) is 3.10. The first-order valence-corrected chi connectivity index (χ1v) is 11.1. The smallest absolute Gasteiger partial charge is 0.471 e. The van der Waals surface area contributed by atoms with Crippen molar-refractivity contribution in [3.8, 4) is 17.2 Å². The van der Waals surface area contributed by atoms with Gasteiger partial charge in [0.25, 0.3) is 0 Å². The van der Waals surface area contributed by atoms with E-state index in [0.29, 0.717) is 48.7 Å². The van der Waals surface area contributed by atoms with E-state index >= 15 is 0 Å². The fourth-order valence-electron chi connectivity index (χ4n) is 4.64. The Morgan fingerprint density at radius 3 is 2.62 bits per heavy atom. The Balaban J connectivity index is 1.72. The third kappa shape index (κ3) is 4.51. The Morgan fingerprint density at radius 1 is 1.15 bits per heavy atom. The molecule has 2 aromatic carbocycles. The molecule has 1 atom stereocenters. The number of methoxy groups -OCH3 is 2. The van der Waals surface area contributed by atoms with E-state index in [0.717, 1.165) is 26.9 Å². The van der Waals surface area contributed by atoms with Crippen molar-refractivity contribution >= 4 is 16.8 Å². The summed E-state index contributed by atoms with van der Waals surface area (Å²) in [6.45, 7) is 2.18. The lowest BCUT2D eigenvalue weighted by Gasteiger charge is -2.38. The SMILES string of the molecule is CCOc1cc2c(cc1OC)CCN(C(=O)C(F)(F)F)[C@H]2CCc1c[nH]c2ccc(OC)cc12. The number of nitrogens with one attached hydrogen (secondary N) is 1. The number of aryl methyl sites for hydroxylation is 1. The van der Waals surface area contributed by atoms with Crippen LogP contribution in [0.1, 0.15) is 36.1 Å². The molecule has 0 fully saturated rings. The highest BCUT2D eigenvalue weighted by Crippen LogP contribution is 2.41. The summed E-state index contributed by atoms with van der Waals surface area (Å²) in [4.78, 5) is 16.5. The number of halogens is 3. The van der Waals surface area contributed by atoms with Crippen LogP contribution >= 0.6 is 0 Å². The fraction of sp³-hybridized carbons (Fsp3) is 0.400. The maximum atomic E-state index is 13.5. The van der Waals surface area contributed by atoms with Gasteiger partial charge in [0, 0.05) is 23.6 Å². The lowest BCUT2D eigenvalue weighted by molar-refractivity contribution is -0.188. The lowest BCUT2D eigenvalue weighted by Crippen LogP contribution is -2.46. The van der Waals surface area contributed by atoms with Gasteiger partial charge in [-0.05, 0) is 73.2 Å². The Kier molecular flexibility index (Phi) is 6.63. The van der Waals surface area contributed by atoms with Crippen molar-refractivity contribution in [3.63, 3.8) is 0 Å². The van der Waals surface area contributed by atoms with Crippen molar-refractivity contribution in [2.75, 3.05) is 27.4 Å². The van der Waals surface area contributed by atoms with Gasteiger partial charge in [-0.3, -0.25) is 4.79 Å². The number of nitrogens with zero attached hydrogens (tertiary/aromatic N) is 1. The average Bonchev–Trinajstić information content (AvgIpc) is 3.23. The molecule has 9 heteroatoms. The highest BCUT2D eigenvalue weighted by Gasteiger charge is 2.46. The Morgan fingerprint density at radius 2 is 1.94 bits per heavy atom. The van der Waals surface area contributed by atoms with Gasteiger partial charge in [0.2, 0.25) is 0 Å². The number of alkyl halides is 3. The number of amides is 1. The molecule has 1 N–H and O–H groups in total. The van der Waals surface area contributed by atoms with Crippen LogP contribution in [-0.2, 0) is 17.6 Å². The van der Waals surface area contributed by atoms with Gasteiger partial charge in [0.05, 0.1) is 26.9 Å². The molecule has 34 heavy (non-hydrogen) atoms. The molecule has 0 saturated heterocycles. The Hall–Kier alpha value is -3.36. The number of H-pyrrole nitrogens is 1. The molecule has 0 saturated carbocycles. The van der Waals surface area contributed by atoms with Crippen LogP contribution < -0.4 is 14.2 Å². The Bertz CT molecular complexity index is 1190. The molecule has 0 bridgehead atoms. The van der Waals surface area contributed by atoms with E-state index in [9.17, 15) is 18.0 Å². The maximum absolute atomic E-state index is 13.5. The Labute approximate surface area is 195 Å². The van der Waals surface area contributed by atoms with Crippen LogP contribution in [0.15, 0.2) is 36.5 Å². The average molecular weight is 476 g/mol. The number of rotatable bonds is 7. The van der Waals surface area contributed by atoms with E-state index in [1.165, 1.54) is 7.11 Å². The van der Waals surface area contributed by atoms with Gasteiger partial charge in [-0.25, -0.2) is 0 Å². The number of fused-ring (bicyclic) bond motifs is 2. The summed E-state index contributed by atoms with van der Waals surface area (Å²) in [5, 5.41) is 0.939. The zero-order chi connectivity index (χ0) is 24.5. The lowest BCUT2D eigenvalue weighted by atomic mass is 9.88. The van der Waals surface area contributed by atoms with Crippen molar-refractivity contribution in [2.24, 2.45) is 0 Å². The quantitative estimate of drug-likeness (QED) is 0.509. The largest absolute Gasteiger partial charge is 0.497 e. The minimum absolute atomic E-state index is 0.0190. The highest BCUT2D eigenvalue weighted by molar-refractivity contribution is 5.85. The summed E-state index contributed by atoms with van der Waals surface area (Å²) < 4.78 is 56.8. The van der Waals surface area contributed by atoms with Gasteiger partial charge in [0.15, 0.2) is 11.5 Å². The molecule has 0 spiro atoms. The van der Waals surface area contributed by atoms with Crippen LogP contribution in [0, 0.1) is 0 Å². The number of carbonyl (C=O) groups excluding carboxylic acids is 1. The predicted molar refractivity (Wildman–Crippen MR) is 122 cm³/mol. The van der Waals surface area contributed by atoms with Crippen LogP contribution in [0.25, 0.3) is 10.9 Å². The van der Waals surface area contributed by atoms with Crippen LogP contribution in [0.2, 0.25) is 0 Å². The monoisotopic (exact) mass is 476 g/mol. The second-order valence-corrected chi connectivity index (χ2v) is 8.16. The third-order valence-corrected chi connectivity index (χ3v) is 6.25. The van der Waals surface area contributed by atoms with E-state index in [1.54, 1.807) is 19.2 Å². The summed E-state index contributed by atoms with van der Waals surface area (Å²) in [6, 6.07) is 8.40. The first kappa shape index (κ1) is 23.8. The second kappa shape index (κ2) is 9.48. The zero-order valence-electron chi connectivity index (χ0n) is 19.3. The number of aromatic amines is 1. The number of hydrogen-bond acceptors (Lipinski definition) is 4. The molecule has 4 rings (SSSR count). The van der Waals surface area contributed by atoms with Crippen LogP contribution in [0.4, 0.5) is 13.2 Å². The van der Waals surface area contributed by atoms with Crippen molar-refractivity contribution in [2.45, 2.75) is 38.4 Å². The van der Waals surface area contributed by atoms with Crippen molar-refractivity contribution in [3.05, 3.63) is 53.2 Å². The molecule has 1 aliphatic heterocycles. The minimum Gasteiger partial charge on any atom is -0.497 e. The molecule has 3 aromatic rings. The number of benzene rings is 2. The zero-order valence-corrected chi connectivity index (χ0v) is 19.3. The van der Waals surface area contributed by atoms with E-state index < -0.39 is 18.1 Å². The molecule has 182 valence electrons. The standard InChI is InChI=1S/C25H27F3N2O4/c1-4-34-23-13-19-15(11-22(23)33-3)9-10-30(24(31)25(26,27)28)21(19)8-5-16-14-29-20-7-6-17(32-2)12-18(16)20/h6-7,11-14,21,29H,4-5,8-10H2,1-3H3/t21-/m0/s1. The molecule has 1 aliphatic rings. The molecule has 6 nitrogen and oxygen atoms in total. The molecular formula is C25H27F3N2O4. The van der Waals surface area contributed by atoms with Crippen molar-refractivity contribution < 1.29 is 32.2 Å².